The summed E-state index contributed by atoms with van der Waals surface area (Å²) in [5.41, 5.74) is -0.652. The Labute approximate surface area is 126 Å². The summed E-state index contributed by atoms with van der Waals surface area (Å²) in [5, 5.41) is 10.1. The second-order valence-electron chi connectivity index (χ2n) is 3.90. The Hall–Kier alpha value is -1.33. The van der Waals surface area contributed by atoms with Gasteiger partial charge < -0.3 is 0 Å². The van der Waals surface area contributed by atoms with Gasteiger partial charge in [0.05, 0.1) is 4.92 Å². The largest absolute Gasteiger partial charge is 0.307 e. The molecule has 0 aliphatic rings. The van der Waals surface area contributed by atoms with Gasteiger partial charge in [-0.15, -0.1) is 12.3 Å². The first-order valence-electron chi connectivity index (χ1n) is 5.29. The van der Waals surface area contributed by atoms with E-state index in [1.165, 1.54) is 0 Å². The van der Waals surface area contributed by atoms with Crippen LogP contribution in [0.25, 0.3) is 0 Å². The summed E-state index contributed by atoms with van der Waals surface area (Å²) in [6, 6.07) is 1.67. The number of rotatable bonds is 5. The van der Waals surface area contributed by atoms with Crippen LogP contribution in [0.15, 0.2) is 17.0 Å². The third kappa shape index (κ3) is 3.61. The fourth-order valence-corrected chi connectivity index (χ4v) is 3.58. The molecule has 1 atom stereocenters. The molecule has 0 aliphatic carbocycles. The minimum Gasteiger partial charge on any atom is -0.258 e. The number of benzene rings is 1. The summed E-state index contributed by atoms with van der Waals surface area (Å²) in [4.78, 5) is 9.59. The molecular weight excluding hydrogens is 327 g/mol. The summed E-state index contributed by atoms with van der Waals surface area (Å²) in [5.74, 6) is 2.31. The zero-order valence-electron chi connectivity index (χ0n) is 10.3. The van der Waals surface area contributed by atoms with Gasteiger partial charge in [0, 0.05) is 12.5 Å². The predicted molar refractivity (Wildman–Crippen MR) is 76.3 cm³/mol. The Balaban J connectivity index is 3.31. The van der Waals surface area contributed by atoms with E-state index < -0.39 is 36.6 Å². The quantitative estimate of drug-likeness (QED) is 0.508. The standard InChI is InChI=1S/C11H10Cl2N2O4S/c1-3-4-7(2)14-20(18,19)9-6-5-8(12)11(10(9)13)15(16)17/h1,5-7,14H,4H2,2H3. The fraction of sp³-hybridized carbons (Fsp3) is 0.273. The third-order valence-corrected chi connectivity index (χ3v) is 4.72. The number of halogens is 2. The van der Waals surface area contributed by atoms with Crippen LogP contribution < -0.4 is 4.72 Å². The molecule has 0 aromatic heterocycles. The summed E-state index contributed by atoms with van der Waals surface area (Å²) in [6.07, 6.45) is 5.26. The van der Waals surface area contributed by atoms with E-state index in [-0.39, 0.29) is 11.4 Å². The zero-order chi connectivity index (χ0) is 15.5. The van der Waals surface area contributed by atoms with E-state index in [2.05, 4.69) is 10.6 Å². The SMILES string of the molecule is C#CCC(C)NS(=O)(=O)c1ccc(Cl)c([N+](=O)[O-])c1Cl. The number of nitrogens with zero attached hydrogens (tertiary/aromatic N) is 1. The van der Waals surface area contributed by atoms with E-state index >= 15 is 0 Å². The van der Waals surface area contributed by atoms with Gasteiger partial charge in [-0.05, 0) is 19.1 Å². The van der Waals surface area contributed by atoms with Gasteiger partial charge in [0.2, 0.25) is 10.0 Å². The average Bonchev–Trinajstić information content (AvgIpc) is 2.27. The lowest BCUT2D eigenvalue weighted by Crippen LogP contribution is -2.32. The highest BCUT2D eigenvalue weighted by Gasteiger charge is 2.28. The highest BCUT2D eigenvalue weighted by atomic mass is 35.5. The number of sulfonamides is 1. The molecule has 1 aromatic rings. The summed E-state index contributed by atoms with van der Waals surface area (Å²) in [7, 11) is -4.03. The molecule has 0 saturated heterocycles. The molecule has 1 N–H and O–H groups in total. The number of nitrogens with one attached hydrogen (secondary N) is 1. The number of hydrogen-bond acceptors (Lipinski definition) is 4. The van der Waals surface area contributed by atoms with E-state index in [9.17, 15) is 18.5 Å². The first-order valence-corrected chi connectivity index (χ1v) is 7.52. The first kappa shape index (κ1) is 16.7. The molecule has 0 amide bonds. The van der Waals surface area contributed by atoms with Crippen LogP contribution in [0.3, 0.4) is 0 Å². The Morgan fingerprint density at radius 1 is 1.50 bits per heavy atom. The maximum Gasteiger partial charge on any atom is 0.307 e. The Bertz CT molecular complexity index is 682. The minimum absolute atomic E-state index is 0.173. The second kappa shape index (κ2) is 6.41. The lowest BCUT2D eigenvalue weighted by Gasteiger charge is -2.13. The van der Waals surface area contributed by atoms with Crippen LogP contribution in [0.5, 0.6) is 0 Å². The molecule has 108 valence electrons. The Kier molecular flexibility index (Phi) is 5.36. The number of terminal acetylenes is 1. The predicted octanol–water partition coefficient (Wildman–Crippen LogP) is 2.59. The van der Waals surface area contributed by atoms with Crippen molar-refractivity contribution in [2.75, 3.05) is 0 Å². The van der Waals surface area contributed by atoms with E-state index in [0.717, 1.165) is 12.1 Å². The van der Waals surface area contributed by atoms with E-state index in [0.29, 0.717) is 0 Å². The zero-order valence-corrected chi connectivity index (χ0v) is 12.6. The van der Waals surface area contributed by atoms with Crippen LogP contribution in [-0.4, -0.2) is 19.4 Å². The van der Waals surface area contributed by atoms with Crippen molar-refractivity contribution in [1.82, 2.24) is 4.72 Å². The van der Waals surface area contributed by atoms with Crippen molar-refractivity contribution in [3.63, 3.8) is 0 Å². The molecule has 1 aromatic carbocycles. The fourth-order valence-electron chi connectivity index (χ4n) is 1.44. The average molecular weight is 337 g/mol. The molecule has 0 aliphatic heterocycles. The first-order chi connectivity index (χ1) is 9.20. The second-order valence-corrected chi connectivity index (χ2v) is 6.36. The molecule has 0 saturated carbocycles. The molecule has 1 rings (SSSR count). The third-order valence-electron chi connectivity index (χ3n) is 2.28. The van der Waals surface area contributed by atoms with Crippen LogP contribution in [-0.2, 0) is 10.0 Å². The number of nitro groups is 1. The molecule has 20 heavy (non-hydrogen) atoms. The Morgan fingerprint density at radius 3 is 2.60 bits per heavy atom. The molecule has 0 radical (unpaired) electrons. The molecule has 0 heterocycles. The van der Waals surface area contributed by atoms with Crippen LogP contribution in [0.1, 0.15) is 13.3 Å². The van der Waals surface area contributed by atoms with Gasteiger partial charge in [-0.2, -0.15) is 0 Å². The molecule has 0 bridgehead atoms. The number of nitro benzene ring substituents is 1. The molecule has 0 spiro atoms. The van der Waals surface area contributed by atoms with Crippen molar-refractivity contribution < 1.29 is 13.3 Å². The normalized spacial score (nSPS) is 12.7. The lowest BCUT2D eigenvalue weighted by atomic mass is 10.3. The van der Waals surface area contributed by atoms with Gasteiger partial charge in [0.1, 0.15) is 14.9 Å². The minimum atomic E-state index is -4.03. The van der Waals surface area contributed by atoms with Crippen molar-refractivity contribution in [3.05, 3.63) is 32.3 Å². The monoisotopic (exact) mass is 336 g/mol. The van der Waals surface area contributed by atoms with Gasteiger partial charge in [0.15, 0.2) is 0 Å². The van der Waals surface area contributed by atoms with Gasteiger partial charge in [0.25, 0.3) is 0 Å². The maximum atomic E-state index is 12.1. The van der Waals surface area contributed by atoms with Crippen molar-refractivity contribution in [3.8, 4) is 12.3 Å². The van der Waals surface area contributed by atoms with Gasteiger partial charge in [-0.3, -0.25) is 10.1 Å². The number of hydrogen-bond donors (Lipinski definition) is 1. The van der Waals surface area contributed by atoms with Gasteiger partial charge in [-0.25, -0.2) is 13.1 Å². The highest BCUT2D eigenvalue weighted by molar-refractivity contribution is 7.89. The molecule has 9 heteroatoms. The van der Waals surface area contributed by atoms with Crippen molar-refractivity contribution in [2.45, 2.75) is 24.3 Å². The summed E-state index contributed by atoms with van der Waals surface area (Å²) >= 11 is 11.4. The molecule has 0 fully saturated rings. The van der Waals surface area contributed by atoms with Crippen molar-refractivity contribution >= 4 is 38.9 Å². The molecular formula is C11H10Cl2N2O4S. The van der Waals surface area contributed by atoms with Crippen molar-refractivity contribution in [2.24, 2.45) is 0 Å². The van der Waals surface area contributed by atoms with Crippen LogP contribution in [0, 0.1) is 22.5 Å². The molecule has 6 nitrogen and oxygen atoms in total. The van der Waals surface area contributed by atoms with Gasteiger partial charge >= 0.3 is 5.69 Å². The van der Waals surface area contributed by atoms with Crippen molar-refractivity contribution in [1.29, 1.82) is 0 Å². The topological polar surface area (TPSA) is 89.3 Å². The smallest absolute Gasteiger partial charge is 0.258 e. The van der Waals surface area contributed by atoms with E-state index in [1.54, 1.807) is 6.92 Å². The van der Waals surface area contributed by atoms with Crippen LogP contribution in [0.2, 0.25) is 10.0 Å². The summed E-state index contributed by atoms with van der Waals surface area (Å²) in [6.45, 7) is 1.57. The van der Waals surface area contributed by atoms with Crippen LogP contribution >= 0.6 is 23.2 Å². The van der Waals surface area contributed by atoms with E-state index in [1.807, 2.05) is 0 Å². The maximum absolute atomic E-state index is 12.1. The van der Waals surface area contributed by atoms with E-state index in [4.69, 9.17) is 29.6 Å². The molecule has 1 unspecified atom stereocenters. The highest BCUT2D eigenvalue weighted by Crippen LogP contribution is 2.37. The van der Waals surface area contributed by atoms with Gasteiger partial charge in [-0.1, -0.05) is 23.2 Å². The summed E-state index contributed by atoms with van der Waals surface area (Å²) < 4.78 is 26.5. The van der Waals surface area contributed by atoms with Crippen LogP contribution in [0.4, 0.5) is 5.69 Å². The lowest BCUT2D eigenvalue weighted by molar-refractivity contribution is -0.384. The Morgan fingerprint density at radius 2 is 2.10 bits per heavy atom.